The molecule has 1 aliphatic heterocycles. The highest BCUT2D eigenvalue weighted by molar-refractivity contribution is 5.68. The third-order valence-corrected chi connectivity index (χ3v) is 4.22. The molecule has 0 bridgehead atoms. The van der Waals surface area contributed by atoms with E-state index in [4.69, 9.17) is 9.15 Å². The predicted octanol–water partition coefficient (Wildman–Crippen LogP) is 3.66. The van der Waals surface area contributed by atoms with Gasteiger partial charge in [0.25, 0.3) is 0 Å². The maximum atomic E-state index is 12.3. The summed E-state index contributed by atoms with van der Waals surface area (Å²) in [5.41, 5.74) is 0.675. The van der Waals surface area contributed by atoms with Crippen molar-refractivity contribution in [3.05, 3.63) is 36.1 Å². The smallest absolute Gasteiger partial charge is 0.410 e. The van der Waals surface area contributed by atoms with Gasteiger partial charge in [0, 0.05) is 26.2 Å². The van der Waals surface area contributed by atoms with Gasteiger partial charge in [0.2, 0.25) is 0 Å². The number of nitrogens with zero attached hydrogens (tertiary/aromatic N) is 4. The number of aromatic nitrogens is 1. The van der Waals surface area contributed by atoms with Crippen molar-refractivity contribution in [2.45, 2.75) is 32.8 Å². The Morgan fingerprint density at radius 1 is 1.22 bits per heavy atom. The Bertz CT molecular complexity index is 834. The molecule has 0 aliphatic carbocycles. The fourth-order valence-electron chi connectivity index (χ4n) is 2.98. The van der Waals surface area contributed by atoms with Crippen LogP contribution < -0.4 is 4.90 Å². The zero-order chi connectivity index (χ0) is 19.4. The number of carbonyl (C=O) groups is 1. The van der Waals surface area contributed by atoms with Crippen molar-refractivity contribution in [3.8, 4) is 17.5 Å². The van der Waals surface area contributed by atoms with Crippen LogP contribution in [0.2, 0.25) is 0 Å². The molecule has 0 radical (unpaired) electrons. The van der Waals surface area contributed by atoms with Crippen molar-refractivity contribution < 1.29 is 13.9 Å². The molecule has 0 N–H and O–H groups in total. The minimum Gasteiger partial charge on any atom is -0.463 e. The van der Waals surface area contributed by atoms with Crippen molar-refractivity contribution >= 4 is 11.9 Å². The number of hydrogen-bond acceptors (Lipinski definition) is 6. The van der Waals surface area contributed by atoms with Crippen LogP contribution >= 0.6 is 0 Å². The van der Waals surface area contributed by atoms with E-state index in [2.05, 4.69) is 16.0 Å². The molecule has 0 atom stereocenters. The van der Waals surface area contributed by atoms with Gasteiger partial charge in [-0.1, -0.05) is 0 Å². The molecular formula is C20H24N4O3. The van der Waals surface area contributed by atoms with Gasteiger partial charge in [-0.25, -0.2) is 9.78 Å². The Morgan fingerprint density at radius 2 is 2.04 bits per heavy atom. The zero-order valence-electron chi connectivity index (χ0n) is 15.9. The number of amides is 1. The lowest BCUT2D eigenvalue weighted by Crippen LogP contribution is -2.39. The minimum atomic E-state index is -0.518. The first-order valence-electron chi connectivity index (χ1n) is 9.05. The van der Waals surface area contributed by atoms with Crippen molar-refractivity contribution in [1.82, 2.24) is 9.88 Å². The molecular weight excluding hydrogens is 344 g/mol. The van der Waals surface area contributed by atoms with E-state index in [-0.39, 0.29) is 6.09 Å². The predicted molar refractivity (Wildman–Crippen MR) is 101 cm³/mol. The summed E-state index contributed by atoms with van der Waals surface area (Å²) in [7, 11) is 0. The first-order chi connectivity index (χ1) is 12.9. The standard InChI is InChI=1S/C20H24N4O3/c1-20(2,3)27-19(25)24-10-5-9-23(11-12-24)18-15(14-21)7-8-16(22-18)17-6-4-13-26-17/h4,6-8,13H,5,9-12H2,1-3H3. The van der Waals surface area contributed by atoms with Gasteiger partial charge in [-0.3, -0.25) is 0 Å². The number of furan rings is 1. The van der Waals surface area contributed by atoms with Crippen LogP contribution in [0.15, 0.2) is 34.9 Å². The summed E-state index contributed by atoms with van der Waals surface area (Å²) in [6.45, 7) is 8.01. The number of carbonyl (C=O) groups excluding carboxylic acids is 1. The lowest BCUT2D eigenvalue weighted by atomic mass is 10.2. The van der Waals surface area contributed by atoms with Gasteiger partial charge in [0.1, 0.15) is 23.2 Å². The summed E-state index contributed by atoms with van der Waals surface area (Å²) in [4.78, 5) is 20.8. The molecule has 2 aromatic heterocycles. The monoisotopic (exact) mass is 368 g/mol. The average molecular weight is 368 g/mol. The van der Waals surface area contributed by atoms with Crippen LogP contribution in [-0.4, -0.2) is 47.8 Å². The van der Waals surface area contributed by atoms with Gasteiger partial charge >= 0.3 is 6.09 Å². The van der Waals surface area contributed by atoms with Crippen LogP contribution in [0, 0.1) is 11.3 Å². The molecule has 0 aromatic carbocycles. The number of anilines is 1. The Hall–Kier alpha value is -3.01. The highest BCUT2D eigenvalue weighted by Gasteiger charge is 2.25. The molecule has 7 heteroatoms. The van der Waals surface area contributed by atoms with Crippen LogP contribution in [-0.2, 0) is 4.74 Å². The molecule has 1 fully saturated rings. The normalized spacial score (nSPS) is 15.2. The largest absolute Gasteiger partial charge is 0.463 e. The summed E-state index contributed by atoms with van der Waals surface area (Å²) >= 11 is 0. The van der Waals surface area contributed by atoms with Gasteiger partial charge in [-0.05, 0) is 51.5 Å². The molecule has 27 heavy (non-hydrogen) atoms. The third kappa shape index (κ3) is 4.59. The first kappa shape index (κ1) is 18.8. The van der Waals surface area contributed by atoms with E-state index in [9.17, 15) is 10.1 Å². The summed E-state index contributed by atoms with van der Waals surface area (Å²) in [6, 6.07) is 9.40. The molecule has 0 spiro atoms. The van der Waals surface area contributed by atoms with Gasteiger partial charge in [0.15, 0.2) is 5.76 Å². The quantitative estimate of drug-likeness (QED) is 0.804. The van der Waals surface area contributed by atoms with Gasteiger partial charge in [-0.15, -0.1) is 0 Å². The maximum absolute atomic E-state index is 12.3. The summed E-state index contributed by atoms with van der Waals surface area (Å²) in [5, 5.41) is 9.48. The van der Waals surface area contributed by atoms with E-state index in [1.54, 1.807) is 29.4 Å². The summed E-state index contributed by atoms with van der Waals surface area (Å²) in [6.07, 6.45) is 2.07. The fourth-order valence-corrected chi connectivity index (χ4v) is 2.98. The van der Waals surface area contributed by atoms with E-state index >= 15 is 0 Å². The van der Waals surface area contributed by atoms with Crippen molar-refractivity contribution in [1.29, 1.82) is 5.26 Å². The van der Waals surface area contributed by atoms with Crippen molar-refractivity contribution in [3.63, 3.8) is 0 Å². The molecule has 0 unspecified atom stereocenters. The van der Waals surface area contributed by atoms with E-state index in [0.29, 0.717) is 49.0 Å². The van der Waals surface area contributed by atoms with Gasteiger partial charge in [0.05, 0.1) is 11.8 Å². The molecule has 1 saturated heterocycles. The average Bonchev–Trinajstić information content (AvgIpc) is 3.04. The number of nitriles is 1. The molecule has 7 nitrogen and oxygen atoms in total. The molecule has 3 heterocycles. The van der Waals surface area contributed by atoms with Crippen LogP contribution in [0.3, 0.4) is 0 Å². The molecule has 2 aromatic rings. The van der Waals surface area contributed by atoms with Crippen LogP contribution in [0.25, 0.3) is 11.5 Å². The molecule has 142 valence electrons. The van der Waals surface area contributed by atoms with Crippen molar-refractivity contribution in [2.24, 2.45) is 0 Å². The third-order valence-electron chi connectivity index (χ3n) is 4.22. The van der Waals surface area contributed by atoms with E-state index in [0.717, 1.165) is 6.42 Å². The minimum absolute atomic E-state index is 0.304. The number of hydrogen-bond donors (Lipinski definition) is 0. The van der Waals surface area contributed by atoms with Crippen LogP contribution in [0.4, 0.5) is 10.6 Å². The fraction of sp³-hybridized carbons (Fsp3) is 0.450. The number of rotatable bonds is 2. The van der Waals surface area contributed by atoms with Crippen LogP contribution in [0.5, 0.6) is 0 Å². The zero-order valence-corrected chi connectivity index (χ0v) is 15.9. The Kier molecular flexibility index (Phi) is 5.36. The molecule has 0 saturated carbocycles. The first-order valence-corrected chi connectivity index (χ1v) is 9.05. The molecule has 1 aliphatic rings. The second kappa shape index (κ2) is 7.70. The van der Waals surface area contributed by atoms with E-state index < -0.39 is 5.60 Å². The Balaban J connectivity index is 1.78. The van der Waals surface area contributed by atoms with E-state index in [1.165, 1.54) is 0 Å². The highest BCUT2D eigenvalue weighted by Crippen LogP contribution is 2.25. The van der Waals surface area contributed by atoms with Crippen molar-refractivity contribution in [2.75, 3.05) is 31.1 Å². The maximum Gasteiger partial charge on any atom is 0.410 e. The lowest BCUT2D eigenvalue weighted by Gasteiger charge is -2.27. The number of ether oxygens (including phenoxy) is 1. The van der Waals surface area contributed by atoms with Crippen LogP contribution in [0.1, 0.15) is 32.8 Å². The number of pyridine rings is 1. The summed E-state index contributed by atoms with van der Waals surface area (Å²) < 4.78 is 10.9. The second-order valence-corrected chi connectivity index (χ2v) is 7.46. The second-order valence-electron chi connectivity index (χ2n) is 7.46. The molecule has 1 amide bonds. The SMILES string of the molecule is CC(C)(C)OC(=O)N1CCCN(c2nc(-c3ccco3)ccc2C#N)CC1. The lowest BCUT2D eigenvalue weighted by molar-refractivity contribution is 0.0263. The molecule has 3 rings (SSSR count). The highest BCUT2D eigenvalue weighted by atomic mass is 16.6. The van der Waals surface area contributed by atoms with E-state index in [1.807, 2.05) is 26.8 Å². The summed E-state index contributed by atoms with van der Waals surface area (Å²) in [5.74, 6) is 1.28. The van der Waals surface area contributed by atoms with Gasteiger partial charge < -0.3 is 19.0 Å². The van der Waals surface area contributed by atoms with Gasteiger partial charge in [-0.2, -0.15) is 5.26 Å². The Morgan fingerprint density at radius 3 is 2.70 bits per heavy atom. The topological polar surface area (TPSA) is 82.6 Å². The Labute approximate surface area is 159 Å².